The summed E-state index contributed by atoms with van der Waals surface area (Å²) in [5.41, 5.74) is 2.82. The van der Waals surface area contributed by atoms with Crippen molar-refractivity contribution in [2.75, 3.05) is 11.4 Å². The van der Waals surface area contributed by atoms with Crippen molar-refractivity contribution in [3.05, 3.63) is 72.3 Å². The summed E-state index contributed by atoms with van der Waals surface area (Å²) in [5, 5.41) is 0.728. The fourth-order valence-corrected chi connectivity index (χ4v) is 4.56. The molecular weight excluding hydrogens is 420 g/mol. The van der Waals surface area contributed by atoms with Gasteiger partial charge in [0.25, 0.3) is 5.91 Å². The maximum Gasteiger partial charge on any atom is 0.260 e. The molecule has 0 aliphatic heterocycles. The van der Waals surface area contributed by atoms with E-state index >= 15 is 0 Å². The summed E-state index contributed by atoms with van der Waals surface area (Å²) in [7, 11) is 0. The minimum atomic E-state index is -0.0542. The van der Waals surface area contributed by atoms with Gasteiger partial charge in [0.2, 0.25) is 0 Å². The molecule has 4 aromatic rings. The van der Waals surface area contributed by atoms with Crippen LogP contribution in [0.2, 0.25) is 0 Å². The topological polar surface area (TPSA) is 60.2 Å². The van der Waals surface area contributed by atoms with Gasteiger partial charge in [-0.15, -0.1) is 0 Å². The van der Waals surface area contributed by atoms with Crippen molar-refractivity contribution < 1.29 is 9.53 Å². The number of carbonyl (C=O) groups excluding carboxylic acids is 1. The van der Waals surface area contributed by atoms with Gasteiger partial charge in [-0.05, 0) is 68.7 Å². The van der Waals surface area contributed by atoms with Crippen molar-refractivity contribution in [3.8, 4) is 5.75 Å². The predicted octanol–water partition coefficient (Wildman–Crippen LogP) is 5.58. The van der Waals surface area contributed by atoms with Crippen LogP contribution in [-0.4, -0.2) is 33.1 Å². The molecule has 1 amide bonds. The number of thiazole rings is 1. The van der Waals surface area contributed by atoms with E-state index in [-0.39, 0.29) is 12.0 Å². The fraction of sp³-hybridized carbons (Fsp3) is 0.320. The predicted molar refractivity (Wildman–Crippen MR) is 130 cm³/mol. The highest BCUT2D eigenvalue weighted by atomic mass is 32.1. The van der Waals surface area contributed by atoms with E-state index in [0.29, 0.717) is 12.1 Å². The maximum absolute atomic E-state index is 13.5. The van der Waals surface area contributed by atoms with Gasteiger partial charge in [0.05, 0.1) is 22.6 Å². The van der Waals surface area contributed by atoms with E-state index in [2.05, 4.69) is 24.0 Å². The van der Waals surface area contributed by atoms with Gasteiger partial charge in [0.1, 0.15) is 5.75 Å². The van der Waals surface area contributed by atoms with Crippen LogP contribution in [-0.2, 0) is 13.0 Å². The van der Waals surface area contributed by atoms with E-state index in [1.54, 1.807) is 28.8 Å². The van der Waals surface area contributed by atoms with Gasteiger partial charge in [-0.2, -0.15) is 0 Å². The van der Waals surface area contributed by atoms with Crippen molar-refractivity contribution in [3.63, 3.8) is 0 Å². The van der Waals surface area contributed by atoms with Crippen LogP contribution in [0.5, 0.6) is 5.75 Å². The summed E-state index contributed by atoms with van der Waals surface area (Å²) in [4.78, 5) is 24.2. The molecular formula is C25H28N4O2S. The highest BCUT2D eigenvalue weighted by Gasteiger charge is 2.21. The standard InChI is InChI=1S/C25H28N4O2S/c1-4-19-6-11-22-23(16-19)32-25(27-22)29(14-5-13-28-15-12-26-17-28)24(30)20-7-9-21(10-8-20)31-18(2)3/h6-12,15-18H,4-5,13-14H2,1-3H3. The number of nitrogens with zero attached hydrogens (tertiary/aromatic N) is 4. The second kappa shape index (κ2) is 9.96. The summed E-state index contributed by atoms with van der Waals surface area (Å²) in [5.74, 6) is 0.705. The number of aryl methyl sites for hydroxylation is 2. The summed E-state index contributed by atoms with van der Waals surface area (Å²) in [6, 6.07) is 13.7. The van der Waals surface area contributed by atoms with Gasteiger partial charge >= 0.3 is 0 Å². The van der Waals surface area contributed by atoms with E-state index < -0.39 is 0 Å². The zero-order valence-electron chi connectivity index (χ0n) is 18.7. The summed E-state index contributed by atoms with van der Waals surface area (Å²) >= 11 is 1.57. The highest BCUT2D eigenvalue weighted by Crippen LogP contribution is 2.31. The molecule has 0 spiro atoms. The third kappa shape index (κ3) is 5.16. The van der Waals surface area contributed by atoms with Gasteiger partial charge in [-0.3, -0.25) is 9.69 Å². The number of benzene rings is 2. The molecule has 7 heteroatoms. The minimum Gasteiger partial charge on any atom is -0.491 e. The smallest absolute Gasteiger partial charge is 0.260 e. The molecule has 166 valence electrons. The first-order chi connectivity index (χ1) is 15.5. The number of fused-ring (bicyclic) bond motifs is 1. The number of amides is 1. The van der Waals surface area contributed by atoms with Crippen molar-refractivity contribution in [2.24, 2.45) is 0 Å². The molecule has 0 aliphatic carbocycles. The molecule has 0 unspecified atom stereocenters. The average Bonchev–Trinajstić information content (AvgIpc) is 3.45. The zero-order valence-corrected chi connectivity index (χ0v) is 19.5. The Morgan fingerprint density at radius 3 is 2.69 bits per heavy atom. The Kier molecular flexibility index (Phi) is 6.85. The molecule has 0 saturated heterocycles. The van der Waals surface area contributed by atoms with Gasteiger partial charge in [-0.1, -0.05) is 24.3 Å². The Bertz CT molecular complexity index is 1170. The molecule has 32 heavy (non-hydrogen) atoms. The minimum absolute atomic E-state index is 0.0542. The van der Waals surface area contributed by atoms with Crippen LogP contribution in [0.15, 0.2) is 61.2 Å². The molecule has 2 heterocycles. The van der Waals surface area contributed by atoms with E-state index in [0.717, 1.165) is 40.5 Å². The van der Waals surface area contributed by atoms with Gasteiger partial charge in [0, 0.05) is 31.0 Å². The number of carbonyl (C=O) groups is 1. The monoisotopic (exact) mass is 448 g/mol. The van der Waals surface area contributed by atoms with E-state index in [1.165, 1.54) is 5.56 Å². The van der Waals surface area contributed by atoms with Crippen molar-refractivity contribution in [1.82, 2.24) is 14.5 Å². The lowest BCUT2D eigenvalue weighted by Crippen LogP contribution is -2.32. The molecule has 2 aromatic heterocycles. The normalized spacial score (nSPS) is 11.2. The van der Waals surface area contributed by atoms with Crippen LogP contribution in [0.1, 0.15) is 43.1 Å². The molecule has 0 atom stereocenters. The molecule has 0 aliphatic rings. The maximum atomic E-state index is 13.5. The fourth-order valence-electron chi connectivity index (χ4n) is 3.51. The van der Waals surface area contributed by atoms with Crippen molar-refractivity contribution >= 4 is 32.6 Å². The molecule has 6 nitrogen and oxygen atoms in total. The summed E-state index contributed by atoms with van der Waals surface area (Å²) in [6.45, 7) is 7.47. The molecule has 2 aromatic carbocycles. The lowest BCUT2D eigenvalue weighted by Gasteiger charge is -2.20. The molecule has 0 fully saturated rings. The second-order valence-electron chi connectivity index (χ2n) is 7.95. The SMILES string of the molecule is CCc1ccc2nc(N(CCCn3ccnc3)C(=O)c3ccc(OC(C)C)cc3)sc2c1. The number of aromatic nitrogens is 3. The third-order valence-electron chi connectivity index (χ3n) is 5.16. The molecule has 0 bridgehead atoms. The third-order valence-corrected chi connectivity index (χ3v) is 6.20. The highest BCUT2D eigenvalue weighted by molar-refractivity contribution is 7.22. The second-order valence-corrected chi connectivity index (χ2v) is 8.96. The number of anilines is 1. The Morgan fingerprint density at radius 2 is 2.00 bits per heavy atom. The van der Waals surface area contributed by atoms with Crippen LogP contribution in [0.4, 0.5) is 5.13 Å². The largest absolute Gasteiger partial charge is 0.491 e. The van der Waals surface area contributed by atoms with E-state index in [4.69, 9.17) is 9.72 Å². The molecule has 4 rings (SSSR count). The molecule has 0 saturated carbocycles. The Morgan fingerprint density at radius 1 is 1.19 bits per heavy atom. The number of hydrogen-bond donors (Lipinski definition) is 0. The van der Waals surface area contributed by atoms with Crippen LogP contribution >= 0.6 is 11.3 Å². The number of ether oxygens (including phenoxy) is 1. The van der Waals surface area contributed by atoms with Crippen molar-refractivity contribution in [2.45, 2.75) is 46.3 Å². The van der Waals surface area contributed by atoms with Gasteiger partial charge in [0.15, 0.2) is 5.13 Å². The van der Waals surface area contributed by atoms with E-state index in [9.17, 15) is 4.79 Å². The van der Waals surface area contributed by atoms with E-state index in [1.807, 2.05) is 54.9 Å². The van der Waals surface area contributed by atoms with Crippen LogP contribution < -0.4 is 9.64 Å². The Hall–Kier alpha value is -3.19. The van der Waals surface area contributed by atoms with Gasteiger partial charge < -0.3 is 9.30 Å². The lowest BCUT2D eigenvalue weighted by atomic mass is 10.2. The average molecular weight is 449 g/mol. The zero-order chi connectivity index (χ0) is 22.5. The van der Waals surface area contributed by atoms with Crippen LogP contribution in [0.25, 0.3) is 10.2 Å². The first-order valence-electron chi connectivity index (χ1n) is 11.0. The van der Waals surface area contributed by atoms with Crippen LogP contribution in [0.3, 0.4) is 0 Å². The number of rotatable bonds is 9. The van der Waals surface area contributed by atoms with Crippen molar-refractivity contribution in [1.29, 1.82) is 0 Å². The Balaban J connectivity index is 1.59. The molecule has 0 radical (unpaired) electrons. The quantitative estimate of drug-likeness (QED) is 0.335. The van der Waals surface area contributed by atoms with Crippen LogP contribution in [0, 0.1) is 0 Å². The lowest BCUT2D eigenvalue weighted by molar-refractivity contribution is 0.0986. The first-order valence-corrected chi connectivity index (χ1v) is 11.8. The summed E-state index contributed by atoms with van der Waals surface area (Å²) < 4.78 is 8.84. The number of imidazole rings is 1. The Labute approximate surface area is 192 Å². The van der Waals surface area contributed by atoms with Gasteiger partial charge in [-0.25, -0.2) is 9.97 Å². The summed E-state index contributed by atoms with van der Waals surface area (Å²) in [6.07, 6.45) is 7.36. The number of hydrogen-bond acceptors (Lipinski definition) is 5. The molecule has 0 N–H and O–H groups in total. The first kappa shape index (κ1) is 22.0.